The Morgan fingerprint density at radius 2 is 1.92 bits per heavy atom. The molecule has 25 heavy (non-hydrogen) atoms. The Labute approximate surface area is 151 Å². The molecule has 0 aliphatic carbocycles. The highest BCUT2D eigenvalue weighted by molar-refractivity contribution is 7.99. The molecule has 6 heteroatoms. The summed E-state index contributed by atoms with van der Waals surface area (Å²) in [4.78, 5) is 0. The Balaban J connectivity index is 2.05. The summed E-state index contributed by atoms with van der Waals surface area (Å²) in [5.74, 6) is 0.455. The molecule has 0 spiro atoms. The van der Waals surface area contributed by atoms with Crippen molar-refractivity contribution in [3.63, 3.8) is 0 Å². The van der Waals surface area contributed by atoms with Gasteiger partial charge in [0.25, 0.3) is 0 Å². The monoisotopic (exact) mass is 349 g/mol. The first kappa shape index (κ1) is 17.3. The van der Waals surface area contributed by atoms with E-state index >= 15 is 0 Å². The number of nitriles is 2. The number of benzene rings is 1. The first-order chi connectivity index (χ1) is 12.0. The van der Waals surface area contributed by atoms with Crippen LogP contribution in [0.4, 0.5) is 0 Å². The largest absolute Gasteiger partial charge is 0.270 e. The van der Waals surface area contributed by atoms with Gasteiger partial charge in [-0.15, -0.1) is 10.2 Å². The van der Waals surface area contributed by atoms with Crippen LogP contribution >= 0.6 is 11.8 Å². The second kappa shape index (κ2) is 7.13. The molecule has 0 radical (unpaired) electrons. The molecular weight excluding hydrogens is 330 g/mol. The molecule has 2 aromatic heterocycles. The summed E-state index contributed by atoms with van der Waals surface area (Å²) in [6, 6.07) is 10.8. The first-order valence-corrected chi connectivity index (χ1v) is 9.18. The number of hydrogen-bond donors (Lipinski definition) is 0. The topological polar surface area (TPSA) is 77.8 Å². The van der Waals surface area contributed by atoms with Crippen molar-refractivity contribution in [1.82, 2.24) is 14.6 Å². The lowest BCUT2D eigenvalue weighted by Gasteiger charge is -2.12. The molecule has 5 nitrogen and oxygen atoms in total. The molecule has 0 N–H and O–H groups in total. The smallest absolute Gasteiger partial charge is 0.196 e. The summed E-state index contributed by atoms with van der Waals surface area (Å²) in [5, 5.41) is 28.6. The van der Waals surface area contributed by atoms with Crippen LogP contribution in [-0.2, 0) is 0 Å². The summed E-state index contributed by atoms with van der Waals surface area (Å²) >= 11 is 1.53. The predicted octanol–water partition coefficient (Wildman–Crippen LogP) is 4.34. The number of rotatable bonds is 5. The average Bonchev–Trinajstić information content (AvgIpc) is 2.97. The number of thioether (sulfide) groups is 1. The number of pyridine rings is 1. The van der Waals surface area contributed by atoms with Gasteiger partial charge < -0.3 is 0 Å². The first-order valence-electron chi connectivity index (χ1n) is 8.20. The van der Waals surface area contributed by atoms with Crippen LogP contribution in [0, 0.1) is 49.4 Å². The summed E-state index contributed by atoms with van der Waals surface area (Å²) in [7, 11) is 0. The van der Waals surface area contributed by atoms with E-state index in [1.54, 1.807) is 0 Å². The van der Waals surface area contributed by atoms with E-state index in [1.807, 2.05) is 0 Å². The quantitative estimate of drug-likeness (QED) is 0.640. The van der Waals surface area contributed by atoms with Gasteiger partial charge in [-0.05, 0) is 50.5 Å². The minimum atomic E-state index is -0.156. The number of nitrogens with zero attached hydrogens (tertiary/aromatic N) is 5. The fourth-order valence-corrected chi connectivity index (χ4v) is 4.11. The maximum atomic E-state index is 9.26. The van der Waals surface area contributed by atoms with Crippen LogP contribution in [0.15, 0.2) is 23.4 Å². The SMILES string of the molecule is Cc1cc(C)c2c(c1)c(C)cc1nnc(SC[C@H](C#N)CCC#N)n12. The van der Waals surface area contributed by atoms with E-state index in [0.29, 0.717) is 18.6 Å². The molecular formula is C19H19N5S. The third-order valence-corrected chi connectivity index (χ3v) is 5.39. The van der Waals surface area contributed by atoms with Crippen molar-refractivity contribution in [1.29, 1.82) is 10.5 Å². The van der Waals surface area contributed by atoms with E-state index in [0.717, 1.165) is 16.3 Å². The van der Waals surface area contributed by atoms with Gasteiger partial charge in [-0.2, -0.15) is 10.5 Å². The van der Waals surface area contributed by atoms with Crippen molar-refractivity contribution in [3.05, 3.63) is 34.9 Å². The fourth-order valence-electron chi connectivity index (χ4n) is 3.11. The lowest BCUT2D eigenvalue weighted by molar-refractivity contribution is 0.684. The molecule has 126 valence electrons. The van der Waals surface area contributed by atoms with Crippen LogP contribution in [0.5, 0.6) is 0 Å². The van der Waals surface area contributed by atoms with Gasteiger partial charge in [0.2, 0.25) is 0 Å². The van der Waals surface area contributed by atoms with E-state index in [4.69, 9.17) is 5.26 Å². The normalized spacial score (nSPS) is 12.2. The number of aromatic nitrogens is 3. The zero-order chi connectivity index (χ0) is 18.0. The van der Waals surface area contributed by atoms with Gasteiger partial charge in [0, 0.05) is 17.6 Å². The predicted molar refractivity (Wildman–Crippen MR) is 99.4 cm³/mol. The summed E-state index contributed by atoms with van der Waals surface area (Å²) in [6.07, 6.45) is 0.995. The molecule has 0 bridgehead atoms. The second-order valence-corrected chi connectivity index (χ2v) is 7.30. The Morgan fingerprint density at radius 3 is 2.64 bits per heavy atom. The molecule has 0 saturated carbocycles. The van der Waals surface area contributed by atoms with E-state index in [-0.39, 0.29) is 5.92 Å². The van der Waals surface area contributed by atoms with Gasteiger partial charge in [0.05, 0.1) is 23.6 Å². The fraction of sp³-hybridized carbons (Fsp3) is 0.368. The zero-order valence-electron chi connectivity index (χ0n) is 14.6. The minimum Gasteiger partial charge on any atom is -0.270 e. The highest BCUT2D eigenvalue weighted by Crippen LogP contribution is 2.30. The van der Waals surface area contributed by atoms with Crippen LogP contribution < -0.4 is 0 Å². The van der Waals surface area contributed by atoms with Gasteiger partial charge >= 0.3 is 0 Å². The van der Waals surface area contributed by atoms with E-state index < -0.39 is 0 Å². The lowest BCUT2D eigenvalue weighted by Crippen LogP contribution is -2.02. The standard InChI is InChI=1S/C19H19N5S/c1-12-7-14(3)18-16(8-12)13(2)9-17-22-23-19(24(17)18)25-11-15(10-21)5-4-6-20/h7-9,15H,4-5,11H2,1-3H3/t15-/m0/s1. The van der Waals surface area contributed by atoms with Crippen molar-refractivity contribution in [2.45, 2.75) is 38.8 Å². The van der Waals surface area contributed by atoms with Gasteiger partial charge in [0.15, 0.2) is 10.8 Å². The molecule has 1 aromatic carbocycles. The Morgan fingerprint density at radius 1 is 1.12 bits per heavy atom. The van der Waals surface area contributed by atoms with Gasteiger partial charge in [0.1, 0.15) is 0 Å². The molecule has 0 unspecified atom stereocenters. The minimum absolute atomic E-state index is 0.156. The molecule has 0 fully saturated rings. The van der Waals surface area contributed by atoms with E-state index in [1.165, 1.54) is 33.8 Å². The summed E-state index contributed by atoms with van der Waals surface area (Å²) in [6.45, 7) is 6.30. The van der Waals surface area contributed by atoms with Crippen molar-refractivity contribution in [3.8, 4) is 12.1 Å². The molecule has 0 saturated heterocycles. The molecule has 2 heterocycles. The van der Waals surface area contributed by atoms with Gasteiger partial charge in [-0.25, -0.2) is 0 Å². The van der Waals surface area contributed by atoms with Crippen LogP contribution in [0.2, 0.25) is 0 Å². The highest BCUT2D eigenvalue weighted by Gasteiger charge is 2.16. The Bertz CT molecular complexity index is 1020. The summed E-state index contributed by atoms with van der Waals surface area (Å²) < 4.78 is 2.08. The number of fused-ring (bicyclic) bond motifs is 3. The third kappa shape index (κ3) is 3.31. The maximum absolute atomic E-state index is 9.26. The molecule has 0 aliphatic heterocycles. The summed E-state index contributed by atoms with van der Waals surface area (Å²) in [5.41, 5.74) is 5.55. The average molecular weight is 349 g/mol. The molecule has 3 rings (SSSR count). The maximum Gasteiger partial charge on any atom is 0.196 e. The van der Waals surface area contributed by atoms with E-state index in [9.17, 15) is 5.26 Å². The molecule has 0 aliphatic rings. The van der Waals surface area contributed by atoms with Crippen LogP contribution in [0.3, 0.4) is 0 Å². The van der Waals surface area contributed by atoms with Crippen molar-refractivity contribution >= 4 is 28.3 Å². The van der Waals surface area contributed by atoms with Gasteiger partial charge in [-0.1, -0.05) is 23.4 Å². The zero-order valence-corrected chi connectivity index (χ0v) is 15.4. The van der Waals surface area contributed by atoms with Crippen LogP contribution in [0.25, 0.3) is 16.6 Å². The van der Waals surface area contributed by atoms with Crippen LogP contribution in [-0.4, -0.2) is 20.4 Å². The Hall–Kier alpha value is -2.57. The lowest BCUT2D eigenvalue weighted by atomic mass is 10.0. The Kier molecular flexibility index (Phi) is 4.92. The number of hydrogen-bond acceptors (Lipinski definition) is 5. The van der Waals surface area contributed by atoms with Gasteiger partial charge in [-0.3, -0.25) is 4.40 Å². The van der Waals surface area contributed by atoms with Crippen molar-refractivity contribution < 1.29 is 0 Å². The third-order valence-electron chi connectivity index (χ3n) is 4.30. The molecule has 3 aromatic rings. The molecule has 1 atom stereocenters. The van der Waals surface area contributed by atoms with Crippen molar-refractivity contribution in [2.24, 2.45) is 5.92 Å². The highest BCUT2D eigenvalue weighted by atomic mass is 32.2. The van der Waals surface area contributed by atoms with Crippen molar-refractivity contribution in [2.75, 3.05) is 5.75 Å². The van der Waals surface area contributed by atoms with Crippen LogP contribution in [0.1, 0.15) is 29.5 Å². The number of aryl methyl sites for hydroxylation is 3. The van der Waals surface area contributed by atoms with E-state index in [2.05, 4.69) is 65.7 Å². The second-order valence-electron chi connectivity index (χ2n) is 6.32. The molecule has 0 amide bonds.